The van der Waals surface area contributed by atoms with E-state index in [-0.39, 0.29) is 64.0 Å². The summed E-state index contributed by atoms with van der Waals surface area (Å²) in [5, 5.41) is 23.6. The van der Waals surface area contributed by atoms with Crippen molar-refractivity contribution < 1.29 is 71.2 Å². The summed E-state index contributed by atoms with van der Waals surface area (Å²) in [6.07, 6.45) is 0.573. The molecule has 82 valence electrons. The molecule has 0 radical (unpaired) electrons. The van der Waals surface area contributed by atoms with E-state index in [9.17, 15) is 14.7 Å². The average molecular weight is 242 g/mol. The number of aliphatic carboxylic acids is 1. The number of carboxylic acid groups (broad SMARTS) is 1. The first-order chi connectivity index (χ1) is 6.51. The average Bonchev–Trinajstić information content (AvgIpc) is 2.13. The number of nitrogens with one attached hydrogen (secondary N) is 2. The zero-order chi connectivity index (χ0) is 11.1. The van der Waals surface area contributed by atoms with Gasteiger partial charge in [-0.05, 0) is 13.3 Å². The number of rotatable bonds is 5. The minimum Gasteiger partial charge on any atom is -0.548 e. The van der Waals surface area contributed by atoms with Crippen LogP contribution in [0.3, 0.4) is 0 Å². The van der Waals surface area contributed by atoms with Gasteiger partial charge in [-0.2, -0.15) is 0 Å². The fourth-order valence-electron chi connectivity index (χ4n) is 0.759. The van der Waals surface area contributed by atoms with Crippen molar-refractivity contribution in [3.8, 4) is 0 Å². The summed E-state index contributed by atoms with van der Waals surface area (Å²) < 4.78 is 0. The second-order valence-corrected chi connectivity index (χ2v) is 2.95. The van der Waals surface area contributed by atoms with Crippen molar-refractivity contribution >= 4 is 12.0 Å². The van der Waals surface area contributed by atoms with Crippen molar-refractivity contribution in [1.29, 1.82) is 0 Å². The minimum absolute atomic E-state index is 0. The van der Waals surface area contributed by atoms with E-state index in [0.717, 1.165) is 0 Å². The molecule has 0 spiro atoms. The van der Waals surface area contributed by atoms with Crippen LogP contribution in [0.15, 0.2) is 0 Å². The van der Waals surface area contributed by atoms with Crippen LogP contribution >= 0.6 is 0 Å². The topological polar surface area (TPSA) is 101 Å². The van der Waals surface area contributed by atoms with Crippen LogP contribution in [0, 0.1) is 0 Å². The van der Waals surface area contributed by atoms with Crippen molar-refractivity contribution in [3.63, 3.8) is 0 Å². The molecule has 0 aromatic carbocycles. The summed E-state index contributed by atoms with van der Waals surface area (Å²) in [4.78, 5) is 21.3. The largest absolute Gasteiger partial charge is 1.00 e. The third-order valence-corrected chi connectivity index (χ3v) is 1.75. The SMILES string of the molecule is CCC(CO)NC(=O)NC(C)C(=O)[O-].[K+]. The van der Waals surface area contributed by atoms with Crippen molar-refractivity contribution in [2.24, 2.45) is 0 Å². The molecule has 0 bridgehead atoms. The third kappa shape index (κ3) is 8.18. The van der Waals surface area contributed by atoms with Gasteiger partial charge in [-0.3, -0.25) is 0 Å². The number of aliphatic hydroxyl groups is 1. The predicted octanol–water partition coefficient (Wildman–Crippen LogP) is -4.80. The van der Waals surface area contributed by atoms with Gasteiger partial charge in [-0.25, -0.2) is 4.79 Å². The van der Waals surface area contributed by atoms with E-state index < -0.39 is 18.0 Å². The van der Waals surface area contributed by atoms with Crippen LogP contribution in [0.2, 0.25) is 0 Å². The van der Waals surface area contributed by atoms with E-state index in [1.165, 1.54) is 6.92 Å². The predicted molar refractivity (Wildman–Crippen MR) is 47.3 cm³/mol. The van der Waals surface area contributed by atoms with Crippen LogP contribution in [0.4, 0.5) is 4.79 Å². The zero-order valence-corrected chi connectivity index (χ0v) is 12.4. The standard InChI is InChI=1S/C8H16N2O4.K/c1-3-6(4-11)10-8(14)9-5(2)7(12)13;/h5-6,11H,3-4H2,1-2H3,(H,12,13)(H2,9,10,14);/q;+1/p-1. The summed E-state index contributed by atoms with van der Waals surface area (Å²) in [6.45, 7) is 2.92. The van der Waals surface area contributed by atoms with Crippen molar-refractivity contribution in [1.82, 2.24) is 10.6 Å². The molecule has 0 fully saturated rings. The zero-order valence-electron chi connectivity index (χ0n) is 9.24. The molecule has 3 N–H and O–H groups in total. The number of carbonyl (C=O) groups is 2. The Balaban J connectivity index is 0. The Morgan fingerprint density at radius 3 is 2.27 bits per heavy atom. The molecule has 6 nitrogen and oxygen atoms in total. The Labute approximate surface area is 131 Å². The molecule has 0 aromatic rings. The molecule has 0 aromatic heterocycles. The fraction of sp³-hybridized carbons (Fsp3) is 0.750. The number of carboxylic acids is 1. The maximum absolute atomic E-state index is 11.1. The van der Waals surface area contributed by atoms with Gasteiger partial charge in [0.2, 0.25) is 0 Å². The molecule has 7 heteroatoms. The molecule has 0 saturated heterocycles. The van der Waals surface area contributed by atoms with Gasteiger partial charge in [-0.15, -0.1) is 0 Å². The second-order valence-electron chi connectivity index (χ2n) is 2.95. The van der Waals surface area contributed by atoms with Gasteiger partial charge in [0.05, 0.1) is 24.7 Å². The molecular weight excluding hydrogens is 227 g/mol. The first-order valence-electron chi connectivity index (χ1n) is 4.40. The van der Waals surface area contributed by atoms with Crippen LogP contribution in [0.25, 0.3) is 0 Å². The van der Waals surface area contributed by atoms with Crippen LogP contribution < -0.4 is 67.1 Å². The molecule has 0 aliphatic heterocycles. The molecule has 0 aliphatic carbocycles. The minimum atomic E-state index is -1.35. The van der Waals surface area contributed by atoms with Gasteiger partial charge in [0.1, 0.15) is 0 Å². The Bertz CT molecular complexity index is 209. The maximum Gasteiger partial charge on any atom is 1.00 e. The summed E-state index contributed by atoms with van der Waals surface area (Å²) in [5.41, 5.74) is 0. The van der Waals surface area contributed by atoms with Gasteiger partial charge in [0, 0.05) is 0 Å². The van der Waals surface area contributed by atoms with E-state index in [1.807, 2.05) is 0 Å². The van der Waals surface area contributed by atoms with Gasteiger partial charge in [0.15, 0.2) is 0 Å². The van der Waals surface area contributed by atoms with Gasteiger partial charge in [0.25, 0.3) is 0 Å². The van der Waals surface area contributed by atoms with Crippen LogP contribution in [0.5, 0.6) is 0 Å². The van der Waals surface area contributed by atoms with Crippen LogP contribution in [0.1, 0.15) is 20.3 Å². The maximum atomic E-state index is 11.1. The van der Waals surface area contributed by atoms with Crippen LogP contribution in [-0.4, -0.2) is 35.8 Å². The molecule has 0 rings (SSSR count). The monoisotopic (exact) mass is 242 g/mol. The number of hydrogen-bond acceptors (Lipinski definition) is 4. The molecule has 0 heterocycles. The molecule has 2 atom stereocenters. The summed E-state index contributed by atoms with van der Waals surface area (Å²) >= 11 is 0. The normalized spacial score (nSPS) is 13.3. The van der Waals surface area contributed by atoms with Gasteiger partial charge >= 0.3 is 57.4 Å². The number of hydrogen-bond donors (Lipinski definition) is 3. The quantitative estimate of drug-likeness (QED) is 0.421. The Morgan fingerprint density at radius 1 is 1.40 bits per heavy atom. The molecule has 0 saturated carbocycles. The molecule has 0 aliphatic rings. The van der Waals surface area contributed by atoms with Gasteiger partial charge in [-0.1, -0.05) is 6.92 Å². The Kier molecular flexibility index (Phi) is 11.3. The summed E-state index contributed by atoms with van der Waals surface area (Å²) in [7, 11) is 0. The number of amides is 2. The van der Waals surface area contributed by atoms with Crippen molar-refractivity contribution in [2.45, 2.75) is 32.4 Å². The smallest absolute Gasteiger partial charge is 0.548 e. The first-order valence-corrected chi connectivity index (χ1v) is 4.40. The third-order valence-electron chi connectivity index (χ3n) is 1.75. The summed E-state index contributed by atoms with van der Waals surface area (Å²) in [6, 6.07) is -2.03. The molecule has 2 unspecified atom stereocenters. The molecule has 15 heavy (non-hydrogen) atoms. The molecule has 2 amide bonds. The van der Waals surface area contributed by atoms with Gasteiger partial charge < -0.3 is 25.6 Å². The summed E-state index contributed by atoms with van der Waals surface area (Å²) in [5.74, 6) is -1.35. The number of carbonyl (C=O) groups excluding carboxylic acids is 2. The van der Waals surface area contributed by atoms with E-state index in [1.54, 1.807) is 6.92 Å². The number of urea groups is 1. The van der Waals surface area contributed by atoms with Crippen LogP contribution in [-0.2, 0) is 4.79 Å². The van der Waals surface area contributed by atoms with E-state index in [4.69, 9.17) is 5.11 Å². The van der Waals surface area contributed by atoms with E-state index >= 15 is 0 Å². The molecular formula is C8H15KN2O4. The van der Waals surface area contributed by atoms with Crippen molar-refractivity contribution in [3.05, 3.63) is 0 Å². The van der Waals surface area contributed by atoms with Crippen molar-refractivity contribution in [2.75, 3.05) is 6.61 Å². The van der Waals surface area contributed by atoms with E-state index in [0.29, 0.717) is 6.42 Å². The second kappa shape index (κ2) is 9.55. The fourth-order valence-corrected chi connectivity index (χ4v) is 0.759. The Morgan fingerprint density at radius 2 is 1.93 bits per heavy atom. The first kappa shape index (κ1) is 17.7. The number of aliphatic hydroxyl groups excluding tert-OH is 1. The Hall–Kier alpha value is 0.336. The van der Waals surface area contributed by atoms with E-state index in [2.05, 4.69) is 10.6 Å².